The van der Waals surface area contributed by atoms with Crippen molar-refractivity contribution in [2.75, 3.05) is 12.3 Å². The summed E-state index contributed by atoms with van der Waals surface area (Å²) in [5, 5.41) is 0. The Morgan fingerprint density at radius 1 is 1.20 bits per heavy atom. The lowest BCUT2D eigenvalue weighted by molar-refractivity contribution is 1.44. The van der Waals surface area contributed by atoms with Gasteiger partial charge in [0.05, 0.1) is 0 Å². The largest absolute Gasteiger partial charge is 0.152 e. The van der Waals surface area contributed by atoms with Gasteiger partial charge in [-0.2, -0.15) is 8.58 Å². The summed E-state index contributed by atoms with van der Waals surface area (Å²) < 4.78 is 0. The molecular weight excluding hydrogens is 79.0 g/mol. The first-order chi connectivity index (χ1) is 2.41. The van der Waals surface area contributed by atoms with Crippen molar-refractivity contribution in [1.29, 1.82) is 0 Å². The van der Waals surface area contributed by atoms with Gasteiger partial charge in [-0.05, 0) is 12.3 Å². The fraction of sp³-hybridized carbons (Fsp3) is 1.00. The van der Waals surface area contributed by atoms with Gasteiger partial charge in [0.1, 0.15) is 0 Å². The van der Waals surface area contributed by atoms with Gasteiger partial charge in [-0.15, -0.1) is 0 Å². The third kappa shape index (κ3) is 4.43. The van der Waals surface area contributed by atoms with E-state index in [4.69, 9.17) is 0 Å². The molecule has 0 amide bonds. The lowest BCUT2D eigenvalue weighted by Crippen LogP contribution is -1.59. The van der Waals surface area contributed by atoms with Crippen LogP contribution in [0.5, 0.6) is 0 Å². The van der Waals surface area contributed by atoms with Crippen molar-refractivity contribution in [2.45, 2.75) is 13.8 Å². The normalized spacial score (nSPS) is 8.40. The molecule has 0 nitrogen and oxygen atoms in total. The van der Waals surface area contributed by atoms with E-state index < -0.39 is 0 Å². The van der Waals surface area contributed by atoms with Crippen molar-refractivity contribution in [3.8, 4) is 0 Å². The fourth-order valence-corrected chi connectivity index (χ4v) is 0.866. The van der Waals surface area contributed by atoms with Crippen LogP contribution >= 0.6 is 8.58 Å². The Morgan fingerprint density at radius 3 is 1.60 bits per heavy atom. The first-order valence-electron chi connectivity index (χ1n) is 2.23. The molecule has 0 rings (SSSR count). The second kappa shape index (κ2) is 4.43. The molecule has 0 aliphatic rings. The van der Waals surface area contributed by atoms with E-state index in [-0.39, 0.29) is 0 Å². The molecule has 0 heterocycles. The zero-order chi connectivity index (χ0) is 4.12. The van der Waals surface area contributed by atoms with Gasteiger partial charge in [0.25, 0.3) is 0 Å². The van der Waals surface area contributed by atoms with Gasteiger partial charge in [0.2, 0.25) is 0 Å². The molecule has 0 atom stereocenters. The van der Waals surface area contributed by atoms with Gasteiger partial charge in [0, 0.05) is 0 Å². The predicted molar refractivity (Wildman–Crippen MR) is 30.8 cm³/mol. The zero-order valence-corrected chi connectivity index (χ0v) is 5.15. The summed E-state index contributed by atoms with van der Waals surface area (Å²) >= 11 is 0. The van der Waals surface area contributed by atoms with Gasteiger partial charge in [-0.25, -0.2) is 0 Å². The van der Waals surface area contributed by atoms with Crippen LogP contribution in [0, 0.1) is 0 Å². The maximum atomic E-state index is 2.25. The van der Waals surface area contributed by atoms with Crippen LogP contribution in [0.4, 0.5) is 0 Å². The minimum Gasteiger partial charge on any atom is -0.152 e. The van der Waals surface area contributed by atoms with Crippen LogP contribution < -0.4 is 0 Å². The van der Waals surface area contributed by atoms with Crippen LogP contribution in [-0.2, 0) is 0 Å². The third-order valence-corrected chi connectivity index (χ3v) is 1.73. The van der Waals surface area contributed by atoms with E-state index in [9.17, 15) is 0 Å². The molecule has 0 saturated heterocycles. The molecular formula is C4H12P. The van der Waals surface area contributed by atoms with Gasteiger partial charge in [-0.3, -0.25) is 0 Å². The Balaban J connectivity index is 2.19. The maximum Gasteiger partial charge on any atom is -0.0439 e. The number of hydrogen-bond donors (Lipinski definition) is 0. The van der Waals surface area contributed by atoms with E-state index in [1.54, 1.807) is 0 Å². The summed E-state index contributed by atoms with van der Waals surface area (Å²) in [5.74, 6) is 0. The van der Waals surface area contributed by atoms with E-state index in [0.29, 0.717) is 0 Å². The van der Waals surface area contributed by atoms with Crippen molar-refractivity contribution < 1.29 is 0 Å². The minimum absolute atomic E-state index is 0.815. The first-order valence-corrected chi connectivity index (χ1v) is 3.86. The molecule has 0 aromatic carbocycles. The fourth-order valence-electron chi connectivity index (χ4n) is 0.289. The molecule has 0 aromatic rings. The summed E-state index contributed by atoms with van der Waals surface area (Å²) in [7, 11) is 0.815. The van der Waals surface area contributed by atoms with E-state index in [1.807, 2.05) is 0 Å². The van der Waals surface area contributed by atoms with Crippen LogP contribution in [0.3, 0.4) is 0 Å². The molecule has 0 aromatic heterocycles. The highest BCUT2D eigenvalue weighted by Crippen LogP contribution is 2.03. The zero-order valence-electron chi connectivity index (χ0n) is 3.99. The highest BCUT2D eigenvalue weighted by molar-refractivity contribution is 7.37. The second-order valence-corrected chi connectivity index (χ2v) is 3.32. The monoisotopic (exact) mass is 91.1 g/mol. The van der Waals surface area contributed by atoms with E-state index in [1.165, 1.54) is 12.3 Å². The van der Waals surface area contributed by atoms with Crippen molar-refractivity contribution in [3.05, 3.63) is 0 Å². The third-order valence-electron chi connectivity index (χ3n) is 0.577. The maximum absolute atomic E-state index is 2.25. The predicted octanol–water partition coefficient (Wildman–Crippen LogP) is 1.44. The molecule has 0 spiro atoms. The summed E-state index contributed by atoms with van der Waals surface area (Å²) in [4.78, 5) is 0. The smallest absolute Gasteiger partial charge is 0.0439 e. The molecule has 0 aliphatic heterocycles. The summed E-state index contributed by atoms with van der Waals surface area (Å²) in [5.41, 5.74) is 0. The lowest BCUT2D eigenvalue weighted by Gasteiger charge is -1.82. The Bertz CT molecular complexity index is 11.1. The van der Waals surface area contributed by atoms with Crippen molar-refractivity contribution in [1.82, 2.24) is 0 Å². The quantitative estimate of drug-likeness (QED) is 0.451. The Hall–Kier alpha value is 0.430. The van der Waals surface area contributed by atoms with Gasteiger partial charge in [0.15, 0.2) is 0 Å². The molecule has 0 bridgehead atoms. The average Bonchev–Trinajstić information content (AvgIpc) is 1.41. The van der Waals surface area contributed by atoms with Crippen LogP contribution in [0.2, 0.25) is 0 Å². The molecule has 0 saturated carbocycles. The molecule has 0 unspecified atom stereocenters. The molecule has 5 heavy (non-hydrogen) atoms. The van der Waals surface area contributed by atoms with Crippen molar-refractivity contribution in [3.63, 3.8) is 0 Å². The van der Waals surface area contributed by atoms with Gasteiger partial charge < -0.3 is 0 Å². The summed E-state index contributed by atoms with van der Waals surface area (Å²) in [6, 6.07) is 0. The van der Waals surface area contributed by atoms with Crippen LogP contribution in [0.1, 0.15) is 13.8 Å². The van der Waals surface area contributed by atoms with Crippen molar-refractivity contribution in [2.24, 2.45) is 0 Å². The topological polar surface area (TPSA) is 0 Å². The number of rotatable bonds is 2. The van der Waals surface area contributed by atoms with Crippen LogP contribution in [0.15, 0.2) is 0 Å². The van der Waals surface area contributed by atoms with Crippen molar-refractivity contribution >= 4 is 8.58 Å². The summed E-state index contributed by atoms with van der Waals surface area (Å²) in [6.07, 6.45) is 2.85. The highest BCUT2D eigenvalue weighted by Gasteiger charge is 1.65. The van der Waals surface area contributed by atoms with Crippen LogP contribution in [0.25, 0.3) is 0 Å². The molecule has 1 radical (unpaired) electrons. The van der Waals surface area contributed by atoms with E-state index >= 15 is 0 Å². The Kier molecular flexibility index (Phi) is 4.81. The van der Waals surface area contributed by atoms with E-state index in [2.05, 4.69) is 13.8 Å². The highest BCUT2D eigenvalue weighted by atomic mass is 31.1. The van der Waals surface area contributed by atoms with Gasteiger partial charge in [-0.1, -0.05) is 13.8 Å². The molecule has 0 N–H and O–H groups in total. The van der Waals surface area contributed by atoms with Crippen LogP contribution in [-0.4, -0.2) is 12.3 Å². The molecule has 1 heteroatoms. The Labute approximate surface area is 35.7 Å². The SMILES string of the molecule is CC[PH2]CC. The summed E-state index contributed by atoms with van der Waals surface area (Å²) in [6.45, 7) is 4.50. The minimum atomic E-state index is 0.815. The van der Waals surface area contributed by atoms with E-state index in [0.717, 1.165) is 8.58 Å². The standard InChI is InChI=1S/C4H12P/c1-3-5-4-2/h3-5H2,1-2H3. The second-order valence-electron chi connectivity index (χ2n) is 1.11. The number of hydrogen-bond acceptors (Lipinski definition) is 0. The molecule has 0 aliphatic carbocycles. The lowest BCUT2D eigenvalue weighted by atomic mass is 11.0. The molecule has 0 fully saturated rings. The van der Waals surface area contributed by atoms with Gasteiger partial charge >= 0.3 is 0 Å². The Morgan fingerprint density at radius 2 is 1.60 bits per heavy atom. The molecule has 33 valence electrons. The first kappa shape index (κ1) is 5.43. The average molecular weight is 91.1 g/mol.